The van der Waals surface area contributed by atoms with Crippen LogP contribution in [0.15, 0.2) is 12.7 Å². The van der Waals surface area contributed by atoms with E-state index in [4.69, 9.17) is 10.8 Å². The number of carboxylic acids is 1. The van der Waals surface area contributed by atoms with Crippen LogP contribution >= 0.6 is 0 Å². The van der Waals surface area contributed by atoms with Gasteiger partial charge in [0.2, 0.25) is 0 Å². The maximum atomic E-state index is 10.2. The van der Waals surface area contributed by atoms with Gasteiger partial charge in [-0.15, -0.1) is 0 Å². The molecule has 1 aromatic heterocycles. The second-order valence-corrected chi connectivity index (χ2v) is 2.20. The Bertz CT molecular complexity index is 264. The molecule has 1 heterocycles. The van der Waals surface area contributed by atoms with Crippen molar-refractivity contribution in [3.05, 3.63) is 18.5 Å². The molecule has 0 saturated carbocycles. The Morgan fingerprint density at radius 3 is 2.67 bits per heavy atom. The summed E-state index contributed by atoms with van der Waals surface area (Å²) >= 11 is 0. The third-order valence-electron chi connectivity index (χ3n) is 1.24. The first kappa shape index (κ1) is 8.54. The zero-order valence-corrected chi connectivity index (χ0v) is 6.21. The molecule has 1 rings (SSSR count). The lowest BCUT2D eigenvalue weighted by atomic mass is 10.2. The molecule has 0 bridgehead atoms. The lowest BCUT2D eigenvalue weighted by molar-refractivity contribution is -0.137. The van der Waals surface area contributed by atoms with Crippen LogP contribution < -0.4 is 5.73 Å². The topological polar surface area (TPSA) is 102 Å². The minimum atomic E-state index is -0.970. The first-order chi connectivity index (χ1) is 5.70. The molecule has 0 aliphatic rings. The average molecular weight is 168 g/mol. The first-order valence-corrected chi connectivity index (χ1v) is 3.29. The quantitative estimate of drug-likeness (QED) is 0.621. The highest BCUT2D eigenvalue weighted by Gasteiger charge is 2.12. The highest BCUT2D eigenvalue weighted by atomic mass is 16.4. The number of carboxylic acid groups (broad SMARTS) is 1. The summed E-state index contributed by atoms with van der Waals surface area (Å²) in [5.41, 5.74) is 5.46. The Morgan fingerprint density at radius 2 is 2.17 bits per heavy atom. The molecule has 0 radical (unpaired) electrons. The number of hydrogen-bond donors (Lipinski definition) is 2. The fourth-order valence-corrected chi connectivity index (χ4v) is 0.719. The largest absolute Gasteiger partial charge is 0.481 e. The minimum absolute atomic E-state index is 0.177. The van der Waals surface area contributed by atoms with E-state index in [-0.39, 0.29) is 6.42 Å². The van der Waals surface area contributed by atoms with Crippen LogP contribution in [0.2, 0.25) is 0 Å². The molecule has 0 aromatic carbocycles. The van der Waals surface area contributed by atoms with Crippen LogP contribution in [-0.2, 0) is 4.79 Å². The molecule has 6 nitrogen and oxygen atoms in total. The fraction of sp³-hybridized carbons (Fsp3) is 0.333. The zero-order valence-electron chi connectivity index (χ0n) is 6.21. The van der Waals surface area contributed by atoms with Crippen molar-refractivity contribution in [2.24, 2.45) is 5.73 Å². The molecule has 1 unspecified atom stereocenters. The zero-order chi connectivity index (χ0) is 8.97. The maximum absolute atomic E-state index is 10.2. The van der Waals surface area contributed by atoms with Gasteiger partial charge < -0.3 is 10.8 Å². The Hall–Kier alpha value is -1.56. The summed E-state index contributed by atoms with van der Waals surface area (Å²) in [5, 5.41) is 8.39. The molecule has 1 aromatic rings. The van der Waals surface area contributed by atoms with Crippen molar-refractivity contribution in [1.82, 2.24) is 15.0 Å². The smallest absolute Gasteiger partial charge is 0.305 e. The minimum Gasteiger partial charge on any atom is -0.481 e. The predicted molar refractivity (Wildman–Crippen MR) is 39.0 cm³/mol. The molecule has 0 amide bonds. The van der Waals surface area contributed by atoms with Crippen LogP contribution in [-0.4, -0.2) is 26.0 Å². The van der Waals surface area contributed by atoms with Gasteiger partial charge in [0.25, 0.3) is 0 Å². The fourth-order valence-electron chi connectivity index (χ4n) is 0.719. The van der Waals surface area contributed by atoms with Crippen LogP contribution in [0.1, 0.15) is 18.3 Å². The van der Waals surface area contributed by atoms with Crippen molar-refractivity contribution >= 4 is 5.97 Å². The Labute approximate surface area is 68.5 Å². The van der Waals surface area contributed by atoms with E-state index in [0.29, 0.717) is 5.82 Å². The molecule has 1 atom stereocenters. The van der Waals surface area contributed by atoms with E-state index in [0.717, 1.165) is 0 Å². The number of aromatic nitrogens is 3. The van der Waals surface area contributed by atoms with Gasteiger partial charge >= 0.3 is 5.97 Å². The van der Waals surface area contributed by atoms with Crippen LogP contribution in [0.4, 0.5) is 0 Å². The van der Waals surface area contributed by atoms with E-state index in [1.165, 1.54) is 12.7 Å². The lowest BCUT2D eigenvalue weighted by Gasteiger charge is -2.04. The van der Waals surface area contributed by atoms with E-state index < -0.39 is 12.0 Å². The van der Waals surface area contributed by atoms with E-state index >= 15 is 0 Å². The summed E-state index contributed by atoms with van der Waals surface area (Å²) < 4.78 is 0. The van der Waals surface area contributed by atoms with Gasteiger partial charge in [-0.2, -0.15) is 0 Å². The van der Waals surface area contributed by atoms with Crippen LogP contribution in [0.3, 0.4) is 0 Å². The van der Waals surface area contributed by atoms with Gasteiger partial charge in [0, 0.05) is 0 Å². The second-order valence-electron chi connectivity index (χ2n) is 2.20. The number of nitrogens with two attached hydrogens (primary N) is 1. The van der Waals surface area contributed by atoms with Crippen molar-refractivity contribution in [3.8, 4) is 0 Å². The van der Waals surface area contributed by atoms with E-state index in [1.807, 2.05) is 0 Å². The number of rotatable bonds is 3. The Morgan fingerprint density at radius 1 is 1.58 bits per heavy atom. The molecular weight excluding hydrogens is 160 g/mol. The summed E-state index contributed by atoms with van der Waals surface area (Å²) in [6.07, 6.45) is 2.39. The van der Waals surface area contributed by atoms with Gasteiger partial charge in [0.05, 0.1) is 12.5 Å². The molecule has 0 spiro atoms. The summed E-state index contributed by atoms with van der Waals surface area (Å²) in [7, 11) is 0. The van der Waals surface area contributed by atoms with Crippen LogP contribution in [0.25, 0.3) is 0 Å². The Kier molecular flexibility index (Phi) is 2.65. The lowest BCUT2D eigenvalue weighted by Crippen LogP contribution is -2.17. The average Bonchev–Trinajstić information content (AvgIpc) is 2.05. The van der Waals surface area contributed by atoms with Gasteiger partial charge in [-0.3, -0.25) is 4.79 Å². The SMILES string of the molecule is NC(CC(=O)O)c1ncncn1. The maximum Gasteiger partial charge on any atom is 0.305 e. The highest BCUT2D eigenvalue weighted by Crippen LogP contribution is 2.05. The number of aliphatic carboxylic acids is 1. The molecule has 64 valence electrons. The molecule has 0 aliphatic carbocycles. The molecule has 0 saturated heterocycles. The number of hydrogen-bond acceptors (Lipinski definition) is 5. The molecule has 0 fully saturated rings. The number of nitrogens with zero attached hydrogens (tertiary/aromatic N) is 3. The Balaban J connectivity index is 2.65. The molecule has 0 aliphatic heterocycles. The molecule has 12 heavy (non-hydrogen) atoms. The standard InChI is InChI=1S/C6H8N4O2/c7-4(1-5(11)12)6-9-2-8-3-10-6/h2-4H,1,7H2,(H,11,12). The molecule has 3 N–H and O–H groups in total. The number of carbonyl (C=O) groups is 1. The van der Waals surface area contributed by atoms with Gasteiger partial charge in [0.15, 0.2) is 0 Å². The third kappa shape index (κ3) is 2.24. The summed E-state index contributed by atoms with van der Waals surface area (Å²) in [6.45, 7) is 0. The predicted octanol–water partition coefficient (Wildman–Crippen LogP) is -0.654. The third-order valence-corrected chi connectivity index (χ3v) is 1.24. The normalized spacial score (nSPS) is 12.4. The summed E-state index contributed by atoms with van der Waals surface area (Å²) in [6, 6.07) is -0.662. The highest BCUT2D eigenvalue weighted by molar-refractivity contribution is 5.67. The van der Waals surface area contributed by atoms with Crippen LogP contribution in [0.5, 0.6) is 0 Å². The van der Waals surface area contributed by atoms with Crippen molar-refractivity contribution in [1.29, 1.82) is 0 Å². The van der Waals surface area contributed by atoms with E-state index in [2.05, 4.69) is 15.0 Å². The van der Waals surface area contributed by atoms with Gasteiger partial charge in [0.1, 0.15) is 18.5 Å². The first-order valence-electron chi connectivity index (χ1n) is 3.29. The summed E-state index contributed by atoms with van der Waals surface area (Å²) in [4.78, 5) is 21.3. The second kappa shape index (κ2) is 3.72. The van der Waals surface area contributed by atoms with Gasteiger partial charge in [-0.05, 0) is 0 Å². The van der Waals surface area contributed by atoms with Crippen molar-refractivity contribution in [2.75, 3.05) is 0 Å². The molecular formula is C6H8N4O2. The summed E-state index contributed by atoms with van der Waals surface area (Å²) in [5.74, 6) is -0.671. The van der Waals surface area contributed by atoms with Gasteiger partial charge in [-0.25, -0.2) is 15.0 Å². The van der Waals surface area contributed by atoms with Crippen molar-refractivity contribution < 1.29 is 9.90 Å². The van der Waals surface area contributed by atoms with Crippen molar-refractivity contribution in [3.63, 3.8) is 0 Å². The van der Waals surface area contributed by atoms with Crippen molar-refractivity contribution in [2.45, 2.75) is 12.5 Å². The molecule has 6 heteroatoms. The van der Waals surface area contributed by atoms with Crippen LogP contribution in [0, 0.1) is 0 Å². The van der Waals surface area contributed by atoms with Gasteiger partial charge in [-0.1, -0.05) is 0 Å². The van der Waals surface area contributed by atoms with E-state index in [9.17, 15) is 4.79 Å². The monoisotopic (exact) mass is 168 g/mol. The van der Waals surface area contributed by atoms with E-state index in [1.54, 1.807) is 0 Å².